The van der Waals surface area contributed by atoms with E-state index in [1.807, 2.05) is 18.2 Å². The van der Waals surface area contributed by atoms with Gasteiger partial charge in [-0.3, -0.25) is 0 Å². The average Bonchev–Trinajstić information content (AvgIpc) is 2.82. The van der Waals surface area contributed by atoms with Crippen LogP contribution in [0.15, 0.2) is 24.3 Å². The summed E-state index contributed by atoms with van der Waals surface area (Å²) >= 11 is 1.73. The van der Waals surface area contributed by atoms with Gasteiger partial charge < -0.3 is 10.0 Å². The Labute approximate surface area is 105 Å². The molecule has 0 spiro atoms. The van der Waals surface area contributed by atoms with E-state index in [1.165, 1.54) is 17.5 Å². The number of aliphatic hydroxyl groups is 1. The van der Waals surface area contributed by atoms with E-state index in [4.69, 9.17) is 0 Å². The van der Waals surface area contributed by atoms with Crippen molar-refractivity contribution in [2.24, 2.45) is 0 Å². The lowest BCUT2D eigenvalue weighted by Gasteiger charge is -2.34. The van der Waals surface area contributed by atoms with Gasteiger partial charge in [-0.05, 0) is 31.4 Å². The fourth-order valence-electron chi connectivity index (χ4n) is 2.43. The van der Waals surface area contributed by atoms with Crippen LogP contribution >= 0.6 is 11.3 Å². The molecule has 2 heterocycles. The second-order valence-electron chi connectivity index (χ2n) is 4.49. The molecule has 0 unspecified atom stereocenters. The highest BCUT2D eigenvalue weighted by atomic mass is 32.1. The first-order valence-corrected chi connectivity index (χ1v) is 6.93. The van der Waals surface area contributed by atoms with Crippen LogP contribution in [0, 0.1) is 0 Å². The minimum absolute atomic E-state index is 0.232. The number of fused-ring (bicyclic) bond motifs is 1. The van der Waals surface area contributed by atoms with Crippen LogP contribution in [0.5, 0.6) is 0 Å². The summed E-state index contributed by atoms with van der Waals surface area (Å²) in [6.45, 7) is 1.25. The number of rotatable bonds is 2. The minimum Gasteiger partial charge on any atom is -0.394 e. The van der Waals surface area contributed by atoms with Gasteiger partial charge in [0.05, 0.1) is 22.9 Å². The Bertz CT molecular complexity index is 478. The summed E-state index contributed by atoms with van der Waals surface area (Å²) in [6, 6.07) is 8.47. The highest BCUT2D eigenvalue weighted by Crippen LogP contribution is 2.32. The Morgan fingerprint density at radius 2 is 2.24 bits per heavy atom. The Balaban J connectivity index is 1.96. The molecular weight excluding hydrogens is 232 g/mol. The van der Waals surface area contributed by atoms with E-state index in [-0.39, 0.29) is 12.6 Å². The van der Waals surface area contributed by atoms with Gasteiger partial charge >= 0.3 is 0 Å². The second kappa shape index (κ2) is 4.63. The monoisotopic (exact) mass is 248 g/mol. The van der Waals surface area contributed by atoms with Crippen LogP contribution in [0.1, 0.15) is 19.3 Å². The summed E-state index contributed by atoms with van der Waals surface area (Å²) < 4.78 is 1.23. The van der Waals surface area contributed by atoms with Gasteiger partial charge in [0.2, 0.25) is 0 Å². The van der Waals surface area contributed by atoms with Gasteiger partial charge in [-0.15, -0.1) is 0 Å². The molecule has 0 bridgehead atoms. The quantitative estimate of drug-likeness (QED) is 0.887. The van der Waals surface area contributed by atoms with Crippen molar-refractivity contribution in [3.05, 3.63) is 24.3 Å². The van der Waals surface area contributed by atoms with Gasteiger partial charge in [-0.2, -0.15) is 0 Å². The van der Waals surface area contributed by atoms with Gasteiger partial charge in [0.1, 0.15) is 0 Å². The van der Waals surface area contributed by atoms with Crippen LogP contribution < -0.4 is 4.90 Å². The van der Waals surface area contributed by atoms with Crippen LogP contribution in [-0.4, -0.2) is 29.3 Å². The third-order valence-electron chi connectivity index (χ3n) is 3.37. The van der Waals surface area contributed by atoms with Gasteiger partial charge in [-0.1, -0.05) is 23.5 Å². The lowest BCUT2D eigenvalue weighted by molar-refractivity contribution is 0.240. The molecular formula is C13H16N2OS. The fraction of sp³-hybridized carbons (Fsp3) is 0.462. The topological polar surface area (TPSA) is 36.4 Å². The molecule has 1 saturated heterocycles. The molecule has 0 amide bonds. The Kier molecular flexibility index (Phi) is 2.99. The van der Waals surface area contributed by atoms with Crippen molar-refractivity contribution in [1.29, 1.82) is 0 Å². The first-order chi connectivity index (χ1) is 8.38. The Morgan fingerprint density at radius 1 is 1.35 bits per heavy atom. The van der Waals surface area contributed by atoms with Crippen LogP contribution in [0.25, 0.3) is 10.2 Å². The summed E-state index contributed by atoms with van der Waals surface area (Å²) in [5.41, 5.74) is 1.06. The van der Waals surface area contributed by atoms with E-state index in [9.17, 15) is 5.11 Å². The van der Waals surface area contributed by atoms with E-state index in [0.717, 1.165) is 23.6 Å². The van der Waals surface area contributed by atoms with Gasteiger partial charge in [0.25, 0.3) is 0 Å². The Morgan fingerprint density at radius 3 is 3.06 bits per heavy atom. The van der Waals surface area contributed by atoms with Crippen LogP contribution in [0.3, 0.4) is 0 Å². The van der Waals surface area contributed by atoms with Crippen LogP contribution in [0.2, 0.25) is 0 Å². The number of anilines is 1. The summed E-state index contributed by atoms with van der Waals surface area (Å²) in [5.74, 6) is 0. The molecule has 1 aliphatic rings. The predicted octanol–water partition coefficient (Wildman–Crippen LogP) is 2.65. The highest BCUT2D eigenvalue weighted by Gasteiger charge is 2.24. The zero-order chi connectivity index (χ0) is 11.7. The summed E-state index contributed by atoms with van der Waals surface area (Å²) in [7, 11) is 0. The molecule has 0 saturated carbocycles. The molecule has 1 atom stereocenters. The summed E-state index contributed by atoms with van der Waals surface area (Å²) in [5, 5.41) is 10.5. The van der Waals surface area contributed by atoms with Crippen molar-refractivity contribution in [3.63, 3.8) is 0 Å². The van der Waals surface area contributed by atoms with Gasteiger partial charge in [0, 0.05) is 6.54 Å². The minimum atomic E-state index is 0.232. The Hall–Kier alpha value is -1.13. The number of piperidine rings is 1. The number of para-hydroxylation sites is 1. The SMILES string of the molecule is OC[C@H]1CCCCN1c1nc2ccccc2s1. The van der Waals surface area contributed by atoms with E-state index in [2.05, 4.69) is 16.0 Å². The van der Waals surface area contributed by atoms with Crippen molar-refractivity contribution in [2.45, 2.75) is 25.3 Å². The molecule has 0 radical (unpaired) electrons. The molecule has 1 aromatic carbocycles. The number of hydrogen-bond donors (Lipinski definition) is 1. The van der Waals surface area contributed by atoms with Gasteiger partial charge in [-0.25, -0.2) is 4.98 Å². The van der Waals surface area contributed by atoms with E-state index in [0.29, 0.717) is 0 Å². The standard InChI is InChI=1S/C13H16N2OS/c16-9-10-5-3-4-8-15(10)13-14-11-6-1-2-7-12(11)17-13/h1-2,6-7,10,16H,3-5,8-9H2/t10-/m1/s1. The fourth-order valence-corrected chi connectivity index (χ4v) is 3.49. The second-order valence-corrected chi connectivity index (χ2v) is 5.50. The molecule has 1 fully saturated rings. The van der Waals surface area contributed by atoms with Crippen molar-refractivity contribution in [1.82, 2.24) is 4.98 Å². The normalized spacial score (nSPS) is 21.0. The molecule has 1 N–H and O–H groups in total. The van der Waals surface area contributed by atoms with E-state index < -0.39 is 0 Å². The molecule has 17 heavy (non-hydrogen) atoms. The highest BCUT2D eigenvalue weighted by molar-refractivity contribution is 7.22. The molecule has 2 aromatic rings. The first-order valence-electron chi connectivity index (χ1n) is 6.11. The van der Waals surface area contributed by atoms with Gasteiger partial charge in [0.15, 0.2) is 5.13 Å². The molecule has 90 valence electrons. The number of thiazole rings is 1. The summed E-state index contributed by atoms with van der Waals surface area (Å²) in [6.07, 6.45) is 3.49. The summed E-state index contributed by atoms with van der Waals surface area (Å²) in [4.78, 5) is 6.94. The molecule has 1 aliphatic heterocycles. The lowest BCUT2D eigenvalue weighted by atomic mass is 10.0. The van der Waals surface area contributed by atoms with Crippen LogP contribution in [-0.2, 0) is 0 Å². The van der Waals surface area contributed by atoms with E-state index in [1.54, 1.807) is 11.3 Å². The van der Waals surface area contributed by atoms with Crippen molar-refractivity contribution in [3.8, 4) is 0 Å². The number of nitrogens with zero attached hydrogens (tertiary/aromatic N) is 2. The molecule has 0 aliphatic carbocycles. The molecule has 4 heteroatoms. The lowest BCUT2D eigenvalue weighted by Crippen LogP contribution is -2.41. The predicted molar refractivity (Wildman–Crippen MR) is 71.7 cm³/mol. The maximum absolute atomic E-state index is 9.43. The smallest absolute Gasteiger partial charge is 0.186 e. The molecule has 3 nitrogen and oxygen atoms in total. The maximum atomic E-state index is 9.43. The third kappa shape index (κ3) is 2.03. The largest absolute Gasteiger partial charge is 0.394 e. The van der Waals surface area contributed by atoms with Crippen molar-refractivity contribution in [2.75, 3.05) is 18.1 Å². The van der Waals surface area contributed by atoms with Crippen molar-refractivity contribution >= 4 is 26.7 Å². The third-order valence-corrected chi connectivity index (χ3v) is 4.44. The average molecular weight is 248 g/mol. The molecule has 1 aromatic heterocycles. The number of benzene rings is 1. The zero-order valence-corrected chi connectivity index (χ0v) is 10.5. The van der Waals surface area contributed by atoms with Crippen molar-refractivity contribution < 1.29 is 5.11 Å². The van der Waals surface area contributed by atoms with E-state index >= 15 is 0 Å². The first kappa shape index (κ1) is 11.0. The number of aliphatic hydroxyl groups excluding tert-OH is 1. The van der Waals surface area contributed by atoms with Crippen LogP contribution in [0.4, 0.5) is 5.13 Å². The zero-order valence-electron chi connectivity index (χ0n) is 9.67. The molecule has 3 rings (SSSR count). The maximum Gasteiger partial charge on any atom is 0.186 e. The number of aromatic nitrogens is 1. The number of hydrogen-bond acceptors (Lipinski definition) is 4.